The van der Waals surface area contributed by atoms with Crippen molar-refractivity contribution < 1.29 is 4.79 Å². The third kappa shape index (κ3) is 5.41. The Morgan fingerprint density at radius 2 is 2.10 bits per heavy atom. The molecule has 0 aliphatic rings. The lowest BCUT2D eigenvalue weighted by atomic mass is 10.1. The van der Waals surface area contributed by atoms with Crippen LogP contribution in [-0.4, -0.2) is 21.2 Å². The Morgan fingerprint density at radius 1 is 1.30 bits per heavy atom. The Morgan fingerprint density at radius 3 is 2.83 bits per heavy atom. The molecular formula is C22H21ClN4O2S. The number of hydrogen-bond donors (Lipinski definition) is 1. The summed E-state index contributed by atoms with van der Waals surface area (Å²) < 4.78 is 1.63. The fourth-order valence-electron chi connectivity index (χ4n) is 2.86. The Balaban J connectivity index is 1.84. The average Bonchev–Trinajstić information content (AvgIpc) is 2.71. The number of rotatable bonds is 7. The molecule has 0 spiro atoms. The van der Waals surface area contributed by atoms with Crippen LogP contribution in [0.4, 0.5) is 5.69 Å². The van der Waals surface area contributed by atoms with Crippen molar-refractivity contribution in [3.8, 4) is 6.07 Å². The van der Waals surface area contributed by atoms with Crippen LogP contribution in [0.5, 0.6) is 0 Å². The van der Waals surface area contributed by atoms with E-state index in [0.717, 1.165) is 6.42 Å². The van der Waals surface area contributed by atoms with E-state index in [1.807, 2.05) is 6.07 Å². The van der Waals surface area contributed by atoms with Crippen LogP contribution in [-0.2, 0) is 11.3 Å². The van der Waals surface area contributed by atoms with Crippen molar-refractivity contribution in [1.29, 1.82) is 5.26 Å². The standard InChI is InChI=1S/C22H21ClN4O2S/c1-14(2)8-9-27-21(29)18-7-6-16(23)11-19(18)26-22(27)30-13-20(28)25-17-5-3-4-15(10-17)12-24/h3-7,10-11,14H,8-9,13H2,1-2H3,(H,25,28). The molecule has 1 aromatic heterocycles. The summed E-state index contributed by atoms with van der Waals surface area (Å²) in [6.07, 6.45) is 0.821. The normalized spacial score (nSPS) is 10.9. The van der Waals surface area contributed by atoms with Gasteiger partial charge < -0.3 is 5.32 Å². The monoisotopic (exact) mass is 440 g/mol. The third-order valence-electron chi connectivity index (χ3n) is 4.42. The summed E-state index contributed by atoms with van der Waals surface area (Å²) in [5, 5.41) is 13.2. The van der Waals surface area contributed by atoms with Gasteiger partial charge in [-0.3, -0.25) is 14.2 Å². The smallest absolute Gasteiger partial charge is 0.262 e. The van der Waals surface area contributed by atoms with E-state index in [0.29, 0.717) is 44.8 Å². The number of thioether (sulfide) groups is 1. The number of anilines is 1. The van der Waals surface area contributed by atoms with Crippen LogP contribution in [0.15, 0.2) is 52.4 Å². The van der Waals surface area contributed by atoms with Gasteiger partial charge in [-0.05, 0) is 48.7 Å². The minimum atomic E-state index is -0.245. The van der Waals surface area contributed by atoms with E-state index in [-0.39, 0.29) is 17.2 Å². The first-order valence-corrected chi connectivity index (χ1v) is 10.9. The minimum absolute atomic E-state index is 0.0803. The van der Waals surface area contributed by atoms with E-state index < -0.39 is 0 Å². The van der Waals surface area contributed by atoms with E-state index >= 15 is 0 Å². The van der Waals surface area contributed by atoms with Crippen molar-refractivity contribution >= 4 is 45.9 Å². The molecule has 0 saturated heterocycles. The fraction of sp³-hybridized carbons (Fsp3) is 0.273. The Labute approximate surface area is 183 Å². The van der Waals surface area contributed by atoms with Gasteiger partial charge in [0.05, 0.1) is 28.3 Å². The molecule has 3 rings (SSSR count). The van der Waals surface area contributed by atoms with Gasteiger partial charge in [0.1, 0.15) is 0 Å². The molecule has 0 aliphatic heterocycles. The quantitative estimate of drug-likeness (QED) is 0.425. The number of benzene rings is 2. The number of fused-ring (bicyclic) bond motifs is 1. The predicted octanol–water partition coefficient (Wildman–Crippen LogP) is 4.70. The highest BCUT2D eigenvalue weighted by molar-refractivity contribution is 7.99. The molecule has 1 N–H and O–H groups in total. The number of halogens is 1. The van der Waals surface area contributed by atoms with E-state index in [1.54, 1.807) is 47.0 Å². The SMILES string of the molecule is CC(C)CCn1c(SCC(=O)Nc2cccc(C#N)c2)nc2cc(Cl)ccc2c1=O. The van der Waals surface area contributed by atoms with Crippen LogP contribution in [0.3, 0.4) is 0 Å². The van der Waals surface area contributed by atoms with E-state index in [4.69, 9.17) is 16.9 Å². The topological polar surface area (TPSA) is 87.8 Å². The highest BCUT2D eigenvalue weighted by Crippen LogP contribution is 2.21. The number of hydrogen-bond acceptors (Lipinski definition) is 5. The lowest BCUT2D eigenvalue weighted by Gasteiger charge is -2.14. The molecule has 8 heteroatoms. The molecule has 0 unspecified atom stereocenters. The van der Waals surface area contributed by atoms with Crippen LogP contribution in [0.25, 0.3) is 10.9 Å². The molecule has 0 aliphatic carbocycles. The molecule has 30 heavy (non-hydrogen) atoms. The number of nitriles is 1. The molecular weight excluding hydrogens is 420 g/mol. The van der Waals surface area contributed by atoms with Crippen LogP contribution >= 0.6 is 23.4 Å². The van der Waals surface area contributed by atoms with Crippen LogP contribution in [0.1, 0.15) is 25.8 Å². The number of amides is 1. The first-order chi connectivity index (χ1) is 14.4. The Hall–Kier alpha value is -2.82. The maximum Gasteiger partial charge on any atom is 0.262 e. The lowest BCUT2D eigenvalue weighted by molar-refractivity contribution is -0.113. The number of carbonyl (C=O) groups excluding carboxylic acids is 1. The zero-order chi connectivity index (χ0) is 21.7. The van der Waals surface area contributed by atoms with Crippen LogP contribution in [0, 0.1) is 17.2 Å². The zero-order valence-corrected chi connectivity index (χ0v) is 18.3. The van der Waals surface area contributed by atoms with Gasteiger partial charge in [-0.15, -0.1) is 0 Å². The van der Waals surface area contributed by atoms with Crippen LogP contribution < -0.4 is 10.9 Å². The second-order valence-electron chi connectivity index (χ2n) is 7.22. The van der Waals surface area contributed by atoms with Crippen molar-refractivity contribution in [2.75, 3.05) is 11.1 Å². The summed E-state index contributed by atoms with van der Waals surface area (Å²) in [6, 6.07) is 13.8. The minimum Gasteiger partial charge on any atom is -0.325 e. The molecule has 0 fully saturated rings. The maximum absolute atomic E-state index is 13.0. The third-order valence-corrected chi connectivity index (χ3v) is 5.63. The fourth-order valence-corrected chi connectivity index (χ4v) is 3.85. The maximum atomic E-state index is 13.0. The molecule has 1 amide bonds. The summed E-state index contributed by atoms with van der Waals surface area (Å²) >= 11 is 7.27. The lowest BCUT2D eigenvalue weighted by Crippen LogP contribution is -2.25. The van der Waals surface area contributed by atoms with Gasteiger partial charge in [0.2, 0.25) is 5.91 Å². The summed E-state index contributed by atoms with van der Waals surface area (Å²) in [6.45, 7) is 4.71. The van der Waals surface area contributed by atoms with Gasteiger partial charge in [-0.25, -0.2) is 4.98 Å². The molecule has 0 saturated carbocycles. The van der Waals surface area contributed by atoms with Gasteiger partial charge in [0.25, 0.3) is 5.56 Å². The van der Waals surface area contributed by atoms with Gasteiger partial charge >= 0.3 is 0 Å². The average molecular weight is 441 g/mol. The van der Waals surface area contributed by atoms with E-state index in [9.17, 15) is 9.59 Å². The van der Waals surface area contributed by atoms with Gasteiger partial charge in [0, 0.05) is 17.3 Å². The summed E-state index contributed by atoms with van der Waals surface area (Å²) in [5.74, 6) is 0.258. The number of nitrogens with one attached hydrogen (secondary N) is 1. The van der Waals surface area contributed by atoms with Crippen LogP contribution in [0.2, 0.25) is 5.02 Å². The largest absolute Gasteiger partial charge is 0.325 e. The molecule has 0 atom stereocenters. The van der Waals surface area contributed by atoms with E-state index in [1.165, 1.54) is 11.8 Å². The van der Waals surface area contributed by atoms with Gasteiger partial charge in [-0.1, -0.05) is 43.3 Å². The Kier molecular flexibility index (Phi) is 7.14. The predicted molar refractivity (Wildman–Crippen MR) is 121 cm³/mol. The molecule has 6 nitrogen and oxygen atoms in total. The highest BCUT2D eigenvalue weighted by atomic mass is 35.5. The van der Waals surface area contributed by atoms with Gasteiger partial charge in [0.15, 0.2) is 5.16 Å². The second kappa shape index (κ2) is 9.79. The Bertz CT molecular complexity index is 1180. The first-order valence-electron chi connectivity index (χ1n) is 9.50. The summed E-state index contributed by atoms with van der Waals surface area (Å²) in [4.78, 5) is 30.0. The summed E-state index contributed by atoms with van der Waals surface area (Å²) in [7, 11) is 0. The molecule has 154 valence electrons. The molecule has 0 radical (unpaired) electrons. The zero-order valence-electron chi connectivity index (χ0n) is 16.7. The molecule has 3 aromatic rings. The van der Waals surface area contributed by atoms with E-state index in [2.05, 4.69) is 24.1 Å². The number of carbonyl (C=O) groups is 1. The highest BCUT2D eigenvalue weighted by Gasteiger charge is 2.14. The van der Waals surface area contributed by atoms with Crippen molar-refractivity contribution in [2.24, 2.45) is 5.92 Å². The number of nitrogens with zero attached hydrogens (tertiary/aromatic N) is 3. The van der Waals surface area contributed by atoms with Crippen molar-refractivity contribution in [3.05, 3.63) is 63.4 Å². The van der Waals surface area contributed by atoms with Crippen molar-refractivity contribution in [2.45, 2.75) is 32.0 Å². The summed E-state index contributed by atoms with van der Waals surface area (Å²) in [5.41, 5.74) is 1.39. The van der Waals surface area contributed by atoms with Crippen molar-refractivity contribution in [3.63, 3.8) is 0 Å². The molecule has 0 bridgehead atoms. The number of aromatic nitrogens is 2. The van der Waals surface area contributed by atoms with Gasteiger partial charge in [-0.2, -0.15) is 5.26 Å². The first kappa shape index (κ1) is 21.9. The van der Waals surface area contributed by atoms with Crippen molar-refractivity contribution in [1.82, 2.24) is 9.55 Å². The second-order valence-corrected chi connectivity index (χ2v) is 8.60. The molecule has 1 heterocycles. The molecule has 2 aromatic carbocycles.